The van der Waals surface area contributed by atoms with Crippen molar-refractivity contribution in [3.63, 3.8) is 0 Å². The zero-order valence-electron chi connectivity index (χ0n) is 9.51. The van der Waals surface area contributed by atoms with Crippen molar-refractivity contribution in [2.75, 3.05) is 12.4 Å². The fourth-order valence-electron chi connectivity index (χ4n) is 1.68. The second kappa shape index (κ2) is 4.87. The minimum atomic E-state index is 0.559. The summed E-state index contributed by atoms with van der Waals surface area (Å²) in [5, 5.41) is 2.91. The van der Waals surface area contributed by atoms with Crippen LogP contribution >= 0.6 is 15.9 Å². The van der Waals surface area contributed by atoms with Crippen LogP contribution in [0.2, 0.25) is 0 Å². The number of rotatable bonds is 4. The van der Waals surface area contributed by atoms with Crippen molar-refractivity contribution in [1.82, 2.24) is 4.98 Å². The van der Waals surface area contributed by atoms with E-state index in [0.717, 1.165) is 22.0 Å². The topological polar surface area (TPSA) is 38.1 Å². The summed E-state index contributed by atoms with van der Waals surface area (Å²) >= 11 is 3.52. The van der Waals surface area contributed by atoms with E-state index < -0.39 is 0 Å². The predicted octanol–water partition coefficient (Wildman–Crippen LogP) is 3.97. The first kappa shape index (κ1) is 11.5. The second-order valence-electron chi connectivity index (χ2n) is 3.80. The predicted molar refractivity (Wildman–Crippen MR) is 69.9 cm³/mol. The Kier molecular flexibility index (Phi) is 3.49. The summed E-state index contributed by atoms with van der Waals surface area (Å²) < 4.78 is 6.52. The third kappa shape index (κ3) is 2.21. The van der Waals surface area contributed by atoms with Gasteiger partial charge in [0.1, 0.15) is 5.52 Å². The molecule has 0 saturated carbocycles. The van der Waals surface area contributed by atoms with E-state index in [1.165, 1.54) is 18.4 Å². The summed E-state index contributed by atoms with van der Waals surface area (Å²) in [7, 11) is 1.80. The lowest BCUT2D eigenvalue weighted by Crippen LogP contribution is -1.86. The molecule has 1 N–H and O–H groups in total. The average molecular weight is 283 g/mol. The Labute approximate surface area is 103 Å². The molecule has 16 heavy (non-hydrogen) atoms. The van der Waals surface area contributed by atoms with Crippen LogP contribution in [0.25, 0.3) is 11.1 Å². The highest BCUT2D eigenvalue weighted by atomic mass is 79.9. The largest absolute Gasteiger partial charge is 0.422 e. The molecule has 2 aromatic rings. The summed E-state index contributed by atoms with van der Waals surface area (Å²) in [6.45, 7) is 2.20. The van der Waals surface area contributed by atoms with Crippen LogP contribution in [0.4, 0.5) is 6.01 Å². The number of aromatic nitrogens is 1. The van der Waals surface area contributed by atoms with Gasteiger partial charge in [-0.25, -0.2) is 0 Å². The molecule has 0 atom stereocenters. The Bertz CT molecular complexity index is 493. The molecule has 0 unspecified atom stereocenters. The van der Waals surface area contributed by atoms with Crippen molar-refractivity contribution in [2.24, 2.45) is 0 Å². The highest BCUT2D eigenvalue weighted by molar-refractivity contribution is 9.10. The van der Waals surface area contributed by atoms with Gasteiger partial charge in [0.2, 0.25) is 0 Å². The molecule has 0 amide bonds. The van der Waals surface area contributed by atoms with Crippen molar-refractivity contribution in [1.29, 1.82) is 0 Å². The molecule has 3 nitrogen and oxygen atoms in total. The van der Waals surface area contributed by atoms with E-state index in [4.69, 9.17) is 4.42 Å². The van der Waals surface area contributed by atoms with E-state index >= 15 is 0 Å². The number of aryl methyl sites for hydroxylation is 1. The fourth-order valence-corrected chi connectivity index (χ4v) is 2.26. The van der Waals surface area contributed by atoms with Gasteiger partial charge in [0.05, 0.1) is 4.47 Å². The Morgan fingerprint density at radius 1 is 1.44 bits per heavy atom. The first-order chi connectivity index (χ1) is 7.74. The number of nitrogens with zero attached hydrogens (tertiary/aromatic N) is 1. The molecule has 0 saturated heterocycles. The van der Waals surface area contributed by atoms with Crippen LogP contribution in [0.5, 0.6) is 0 Å². The maximum absolute atomic E-state index is 5.54. The molecule has 1 aromatic heterocycles. The molecule has 4 heteroatoms. The molecular formula is C12H15BrN2O. The van der Waals surface area contributed by atoms with Crippen LogP contribution < -0.4 is 5.32 Å². The van der Waals surface area contributed by atoms with Gasteiger partial charge in [-0.1, -0.05) is 13.3 Å². The molecule has 0 radical (unpaired) electrons. The Morgan fingerprint density at radius 2 is 2.25 bits per heavy atom. The minimum Gasteiger partial charge on any atom is -0.422 e. The third-order valence-corrected chi connectivity index (χ3v) is 3.13. The summed E-state index contributed by atoms with van der Waals surface area (Å²) in [6, 6.07) is 4.77. The quantitative estimate of drug-likeness (QED) is 0.922. The lowest BCUT2D eigenvalue weighted by molar-refractivity contribution is 0.618. The van der Waals surface area contributed by atoms with E-state index in [9.17, 15) is 0 Å². The molecule has 0 aliphatic carbocycles. The number of hydrogen-bond acceptors (Lipinski definition) is 3. The molecule has 0 aliphatic rings. The van der Waals surface area contributed by atoms with E-state index in [0.29, 0.717) is 6.01 Å². The van der Waals surface area contributed by atoms with Gasteiger partial charge in [0, 0.05) is 7.05 Å². The maximum Gasteiger partial charge on any atom is 0.295 e. The van der Waals surface area contributed by atoms with Crippen LogP contribution in [0.1, 0.15) is 25.3 Å². The van der Waals surface area contributed by atoms with Crippen molar-refractivity contribution >= 4 is 33.0 Å². The van der Waals surface area contributed by atoms with Gasteiger partial charge in [-0.3, -0.25) is 0 Å². The first-order valence-electron chi connectivity index (χ1n) is 5.51. The summed E-state index contributed by atoms with van der Waals surface area (Å²) in [5.74, 6) is 0. The molecular weight excluding hydrogens is 268 g/mol. The van der Waals surface area contributed by atoms with Crippen molar-refractivity contribution in [2.45, 2.75) is 26.2 Å². The number of nitrogens with one attached hydrogen (secondary N) is 1. The average Bonchev–Trinajstić information content (AvgIpc) is 2.70. The van der Waals surface area contributed by atoms with E-state index in [1.807, 2.05) is 0 Å². The number of unbranched alkanes of at least 4 members (excludes halogenated alkanes) is 1. The van der Waals surface area contributed by atoms with Crippen molar-refractivity contribution < 1.29 is 4.42 Å². The van der Waals surface area contributed by atoms with E-state index in [2.05, 4.69) is 45.3 Å². The number of halogens is 1. The van der Waals surface area contributed by atoms with Gasteiger partial charge < -0.3 is 9.73 Å². The van der Waals surface area contributed by atoms with Crippen LogP contribution in [0, 0.1) is 0 Å². The smallest absolute Gasteiger partial charge is 0.295 e. The molecule has 2 rings (SSSR count). The number of oxazole rings is 1. The Morgan fingerprint density at radius 3 is 2.94 bits per heavy atom. The number of fused-ring (bicyclic) bond motifs is 1. The van der Waals surface area contributed by atoms with Crippen molar-refractivity contribution in [3.8, 4) is 0 Å². The van der Waals surface area contributed by atoms with Gasteiger partial charge >= 0.3 is 0 Å². The highest BCUT2D eigenvalue weighted by Gasteiger charge is 2.09. The molecule has 0 bridgehead atoms. The van der Waals surface area contributed by atoms with Crippen LogP contribution in [-0.2, 0) is 6.42 Å². The lowest BCUT2D eigenvalue weighted by Gasteiger charge is -2.00. The maximum atomic E-state index is 5.54. The van der Waals surface area contributed by atoms with E-state index in [1.54, 1.807) is 7.05 Å². The molecule has 0 fully saturated rings. The normalized spacial score (nSPS) is 10.9. The van der Waals surface area contributed by atoms with Gasteiger partial charge in [-0.15, -0.1) is 0 Å². The minimum absolute atomic E-state index is 0.559. The summed E-state index contributed by atoms with van der Waals surface area (Å²) in [5.41, 5.74) is 3.02. The number of anilines is 1. The molecule has 1 heterocycles. The highest BCUT2D eigenvalue weighted by Crippen LogP contribution is 2.28. The van der Waals surface area contributed by atoms with Gasteiger partial charge in [0.15, 0.2) is 5.58 Å². The molecule has 1 aromatic carbocycles. The molecule has 0 spiro atoms. The van der Waals surface area contributed by atoms with Gasteiger partial charge in [-0.2, -0.15) is 4.98 Å². The van der Waals surface area contributed by atoms with Crippen LogP contribution in [0.3, 0.4) is 0 Å². The molecule has 0 aliphatic heterocycles. The lowest BCUT2D eigenvalue weighted by atomic mass is 10.1. The first-order valence-corrected chi connectivity index (χ1v) is 6.30. The number of benzene rings is 1. The molecule has 86 valence electrons. The Hall–Kier alpha value is -1.03. The number of hydrogen-bond donors (Lipinski definition) is 1. The monoisotopic (exact) mass is 282 g/mol. The third-order valence-electron chi connectivity index (χ3n) is 2.54. The van der Waals surface area contributed by atoms with Gasteiger partial charge in [0.25, 0.3) is 6.01 Å². The standard InChI is InChI=1S/C12H15BrN2O/c1-3-4-5-8-6-9(13)11-10(7-8)15-12(14-2)16-11/h6-7H,3-5H2,1-2H3,(H,14,15). The van der Waals surface area contributed by atoms with Crippen LogP contribution in [-0.4, -0.2) is 12.0 Å². The summed E-state index contributed by atoms with van der Waals surface area (Å²) in [6.07, 6.45) is 3.50. The van der Waals surface area contributed by atoms with Crippen LogP contribution in [0.15, 0.2) is 21.0 Å². The fraction of sp³-hybridized carbons (Fsp3) is 0.417. The van der Waals surface area contributed by atoms with Crippen molar-refractivity contribution in [3.05, 3.63) is 22.2 Å². The zero-order chi connectivity index (χ0) is 11.5. The SMILES string of the molecule is CCCCc1cc(Br)c2oc(NC)nc2c1. The Balaban J connectivity index is 2.40. The van der Waals surface area contributed by atoms with Gasteiger partial charge in [-0.05, 0) is 46.5 Å². The zero-order valence-corrected chi connectivity index (χ0v) is 11.1. The second-order valence-corrected chi connectivity index (χ2v) is 4.65. The summed E-state index contributed by atoms with van der Waals surface area (Å²) in [4.78, 5) is 4.35. The van der Waals surface area contributed by atoms with E-state index in [-0.39, 0.29) is 0 Å².